The first-order chi connectivity index (χ1) is 31.4. The molecular weight excluding hydrogens is 813 g/mol. The van der Waals surface area contributed by atoms with Gasteiger partial charge in [0.2, 0.25) is 10.4 Å². The fourth-order valence-corrected chi connectivity index (χ4v) is 4.04. The van der Waals surface area contributed by atoms with Gasteiger partial charge < -0.3 is 35.6 Å². The predicted octanol–water partition coefficient (Wildman–Crippen LogP) is 7.85. The fourth-order valence-electron chi connectivity index (χ4n) is 4.04. The van der Waals surface area contributed by atoms with Gasteiger partial charge in [-0.3, -0.25) is 16.1 Å². The van der Waals surface area contributed by atoms with Crippen molar-refractivity contribution >= 4 is 17.5 Å². The zero-order chi connectivity index (χ0) is 46.7. The van der Waals surface area contributed by atoms with Gasteiger partial charge >= 0.3 is 6.03 Å². The molecule has 0 bridgehead atoms. The average Bonchev–Trinajstić information content (AvgIpc) is 3.32. The number of nitrogens with zero attached hydrogens (tertiary/aromatic N) is 6. The second kappa shape index (κ2) is 36.2. The summed E-state index contributed by atoms with van der Waals surface area (Å²) in [5, 5.41) is 33.1. The first kappa shape index (κ1) is 52.1. The van der Waals surface area contributed by atoms with Crippen LogP contribution in [0, 0.1) is 135 Å². The van der Waals surface area contributed by atoms with Crippen LogP contribution in [-0.2, 0) is 9.73 Å². The van der Waals surface area contributed by atoms with Crippen LogP contribution in [0.5, 0.6) is 5.75 Å². The molecule has 6 N–H and O–H groups in total. The number of hydrogen-bond acceptors (Lipinski definition) is 10. The molecule has 1 heterocycles. The van der Waals surface area contributed by atoms with Gasteiger partial charge in [0.05, 0.1) is 47.2 Å². The highest BCUT2D eigenvalue weighted by Gasteiger charge is 2.14. The third kappa shape index (κ3) is 25.4. The van der Waals surface area contributed by atoms with Gasteiger partial charge in [-0.05, 0) is 140 Å². The quantitative estimate of drug-likeness (QED) is 0.0391. The maximum absolute atomic E-state index is 11.9. The SMILES string of the molecule is CC#CC#CC#CC#CC#CC#CC#CC#CC#CC#CC#CC.CCNC(=O)Nc1ccc(-c2cncc(NC(CCOC)c3ccccc3)n2)cc1OC.NN=NN=[N+]([O-])OO.[HH].[HH].[HH].[HH].[HH].[HH].[HH].[HH].[HH].[HH].[HH]. The van der Waals surface area contributed by atoms with E-state index in [0.29, 0.717) is 36.1 Å². The zero-order valence-corrected chi connectivity index (χ0v) is 35.2. The minimum Gasteiger partial charge on any atom is -0.495 e. The van der Waals surface area contributed by atoms with E-state index in [2.05, 4.69) is 190 Å². The molecule has 0 radical (unpaired) electrons. The van der Waals surface area contributed by atoms with E-state index in [4.69, 9.17) is 19.7 Å². The predicted molar refractivity (Wildman–Crippen MR) is 265 cm³/mol. The van der Waals surface area contributed by atoms with Crippen molar-refractivity contribution in [3.8, 4) is 147 Å². The number of methoxy groups -OCH3 is 2. The van der Waals surface area contributed by atoms with Gasteiger partial charge in [0.15, 0.2) is 0 Å². The van der Waals surface area contributed by atoms with Crippen molar-refractivity contribution in [2.24, 2.45) is 21.5 Å². The Morgan fingerprint density at radius 2 is 1.36 bits per heavy atom. The Hall–Kier alpha value is -9.93. The topological polar surface area (TPSA) is 216 Å². The number of carbonyl (C=O) groups excluding carboxylic acids is 1. The molecule has 0 saturated heterocycles. The standard InChI is InChI=1S/C24H29N5O3.C24H6.H3N5O3.11H2/c1-4-26-24(30)29-20-11-10-18(14-22(20)32-3)21-15-25-16-23(28-21)27-19(12-13-31-2)17-8-6-5-7-9-17;1-3-5-7-9-11-13-15-17-19-21-23-24-22-20-18-16-14-12-10-8-6-4-2;1-2-3-4-5(6)8-7;;;;;;;;;;;/h5-11,14-16,19H,4,12-13H2,1-3H3,(H,27,28)(H2,26,29,30);1-2H3;7H,(H2,1,3);11*1H. The van der Waals surface area contributed by atoms with Crippen molar-refractivity contribution in [2.75, 3.05) is 38.0 Å². The number of nitrogens with two attached hydrogens (primary N) is 1. The monoisotopic (exact) mass is 872 g/mol. The summed E-state index contributed by atoms with van der Waals surface area (Å²) in [6, 6.07) is 15.4. The number of rotatable bonds is 12. The molecule has 0 saturated carbocycles. The molecule has 3 aromatic rings. The molecule has 1 aromatic heterocycles. The normalized spacial score (nSPS) is 8.75. The molecule has 16 nitrogen and oxygen atoms in total. The van der Waals surface area contributed by atoms with E-state index < -0.39 is 5.02 Å². The van der Waals surface area contributed by atoms with Crippen molar-refractivity contribution in [2.45, 2.75) is 33.2 Å². The Morgan fingerprint density at radius 3 is 1.81 bits per heavy atom. The van der Waals surface area contributed by atoms with Gasteiger partial charge in [-0.1, -0.05) is 48.2 Å². The Kier molecular flexibility index (Phi) is 29.4. The molecule has 0 aliphatic carbocycles. The smallest absolute Gasteiger partial charge is 0.319 e. The summed E-state index contributed by atoms with van der Waals surface area (Å²) in [6.07, 6.45) is 4.19. The molecule has 16 heteroatoms. The lowest BCUT2D eigenvalue weighted by Crippen LogP contribution is -2.28. The van der Waals surface area contributed by atoms with E-state index in [1.807, 2.05) is 37.3 Å². The summed E-state index contributed by atoms with van der Waals surface area (Å²) in [4.78, 5) is 23.9. The van der Waals surface area contributed by atoms with Crippen LogP contribution in [0.4, 0.5) is 16.3 Å². The summed E-state index contributed by atoms with van der Waals surface area (Å²) in [7, 11) is 3.26. The number of anilines is 2. The number of ether oxygens (including phenoxy) is 2. The van der Waals surface area contributed by atoms with Gasteiger partial charge in [-0.15, -0.1) is 0 Å². The highest BCUT2D eigenvalue weighted by Crippen LogP contribution is 2.31. The highest BCUT2D eigenvalue weighted by atomic mass is 17.2. The number of nitrogens with one attached hydrogen (secondary N) is 3. The highest BCUT2D eigenvalue weighted by molar-refractivity contribution is 5.91. The van der Waals surface area contributed by atoms with E-state index in [1.54, 1.807) is 46.5 Å². The van der Waals surface area contributed by atoms with Crippen molar-refractivity contribution < 1.29 is 45.2 Å². The summed E-state index contributed by atoms with van der Waals surface area (Å²) >= 11 is 0. The van der Waals surface area contributed by atoms with Crippen molar-refractivity contribution in [1.29, 1.82) is 0 Å². The van der Waals surface area contributed by atoms with Gasteiger partial charge in [0.25, 0.3) is 0 Å². The van der Waals surface area contributed by atoms with Crippen LogP contribution >= 0.6 is 0 Å². The lowest BCUT2D eigenvalue weighted by Gasteiger charge is -2.20. The molecule has 0 spiro atoms. The van der Waals surface area contributed by atoms with E-state index >= 15 is 0 Å². The first-order valence-electron chi connectivity index (χ1n) is 18.2. The van der Waals surface area contributed by atoms with E-state index in [1.165, 1.54) is 0 Å². The number of urea groups is 1. The van der Waals surface area contributed by atoms with Crippen LogP contribution in [-0.4, -0.2) is 53.7 Å². The lowest BCUT2D eigenvalue weighted by molar-refractivity contribution is -0.873. The van der Waals surface area contributed by atoms with Crippen LogP contribution in [0.2, 0.25) is 0 Å². The molecule has 2 aromatic carbocycles. The number of aromatic nitrogens is 2. The second-order valence-electron chi connectivity index (χ2n) is 10.7. The van der Waals surface area contributed by atoms with E-state index in [9.17, 15) is 10.0 Å². The van der Waals surface area contributed by atoms with Crippen molar-refractivity contribution in [3.05, 3.63) is 71.7 Å². The van der Waals surface area contributed by atoms with Crippen LogP contribution in [0.1, 0.15) is 54.5 Å². The average molecular weight is 873 g/mol. The fraction of sp³-hybridized carbons (Fsp3) is 0.188. The Bertz CT molecular complexity index is 2750. The van der Waals surface area contributed by atoms with Crippen LogP contribution in [0.25, 0.3) is 11.3 Å². The summed E-state index contributed by atoms with van der Waals surface area (Å²) in [5.41, 5.74) is 3.25. The van der Waals surface area contributed by atoms with Crippen molar-refractivity contribution in [3.63, 3.8) is 0 Å². The van der Waals surface area contributed by atoms with Crippen molar-refractivity contribution in [1.82, 2.24) is 15.3 Å². The molecule has 1 atom stereocenters. The lowest BCUT2D eigenvalue weighted by atomic mass is 10.0. The molecule has 338 valence electrons. The van der Waals surface area contributed by atoms with Crippen LogP contribution in [0.15, 0.2) is 76.6 Å². The molecule has 3 rings (SSSR count). The van der Waals surface area contributed by atoms with Gasteiger partial charge in [-0.2, -0.15) is 0 Å². The third-order valence-corrected chi connectivity index (χ3v) is 6.52. The van der Waals surface area contributed by atoms with Gasteiger partial charge in [0.1, 0.15) is 11.6 Å². The van der Waals surface area contributed by atoms with Crippen LogP contribution < -0.4 is 26.5 Å². The largest absolute Gasteiger partial charge is 0.495 e. The maximum Gasteiger partial charge on any atom is 0.319 e. The van der Waals surface area contributed by atoms with Gasteiger partial charge in [-0.25, -0.2) is 9.78 Å². The Morgan fingerprint density at radius 1 is 0.828 bits per heavy atom. The van der Waals surface area contributed by atoms with E-state index in [0.717, 1.165) is 17.5 Å². The summed E-state index contributed by atoms with van der Waals surface area (Å²) < 4.78 is 10.7. The molecule has 64 heavy (non-hydrogen) atoms. The minimum absolute atomic E-state index is 0. The molecule has 0 aliphatic heterocycles. The summed E-state index contributed by atoms with van der Waals surface area (Å²) in [6.45, 7) is 6.42. The van der Waals surface area contributed by atoms with E-state index in [-0.39, 0.29) is 27.8 Å². The Balaban J connectivity index is -0.0000000957. The number of benzene rings is 2. The maximum atomic E-state index is 11.9. The number of hydrogen-bond donors (Lipinski definition) is 5. The first-order valence-corrected chi connectivity index (χ1v) is 18.2. The number of amides is 2. The zero-order valence-electron chi connectivity index (χ0n) is 35.2. The summed E-state index contributed by atoms with van der Waals surface area (Å²) in [5.74, 6) is 61.2. The molecular formula is C48H60N10O6. The Labute approximate surface area is 389 Å². The molecule has 0 fully saturated rings. The van der Waals surface area contributed by atoms with Crippen LogP contribution in [0.3, 0.4) is 0 Å². The van der Waals surface area contributed by atoms with Gasteiger partial charge in [0, 0.05) is 65.2 Å². The molecule has 0 aliphatic rings. The number of carbonyl (C=O) groups is 1. The second-order valence-corrected chi connectivity index (χ2v) is 10.7. The molecule has 2 amide bonds. The minimum atomic E-state index is -0.573. The third-order valence-electron chi connectivity index (χ3n) is 6.52. The molecule has 1 unspecified atom stereocenters.